The van der Waals surface area contributed by atoms with E-state index in [0.29, 0.717) is 22.1 Å². The molecule has 0 fully saturated rings. The molecular weight excluding hydrogens is 472 g/mol. The molecule has 10 nitrogen and oxygen atoms in total. The number of benzene rings is 2. The molecule has 0 unspecified atom stereocenters. The molecule has 0 radical (unpaired) electrons. The maximum absolute atomic E-state index is 12.7. The van der Waals surface area contributed by atoms with Crippen LogP contribution >= 0.6 is 11.6 Å². The predicted molar refractivity (Wildman–Crippen MR) is 121 cm³/mol. The molecule has 176 valence electrons. The fraction of sp³-hybridized carbons (Fsp3) is 0.286. The first-order valence-electron chi connectivity index (χ1n) is 9.66. The Morgan fingerprint density at radius 1 is 1.03 bits per heavy atom. The average molecular weight is 495 g/mol. The lowest BCUT2D eigenvalue weighted by atomic mass is 10.2. The molecule has 1 heterocycles. The van der Waals surface area contributed by atoms with Gasteiger partial charge in [-0.05, 0) is 42.5 Å². The number of nitrogens with zero attached hydrogens (tertiary/aromatic N) is 4. The fourth-order valence-electron chi connectivity index (χ4n) is 2.88. The minimum Gasteiger partial charge on any atom is -0.493 e. The van der Waals surface area contributed by atoms with Gasteiger partial charge in [0.05, 0.1) is 32.2 Å². The fourth-order valence-corrected chi connectivity index (χ4v) is 4.12. The van der Waals surface area contributed by atoms with Crippen LogP contribution in [0.1, 0.15) is 5.89 Å². The van der Waals surface area contributed by atoms with Crippen LogP contribution in [0.3, 0.4) is 0 Å². The van der Waals surface area contributed by atoms with Crippen molar-refractivity contribution < 1.29 is 27.1 Å². The lowest BCUT2D eigenvalue weighted by molar-refractivity contribution is -0.130. The number of carbonyl (C=O) groups excluding carboxylic acids is 1. The van der Waals surface area contributed by atoms with E-state index in [2.05, 4.69) is 10.2 Å². The van der Waals surface area contributed by atoms with Crippen molar-refractivity contribution >= 4 is 27.5 Å². The number of amides is 1. The molecule has 0 saturated heterocycles. The molecule has 2 aromatic carbocycles. The van der Waals surface area contributed by atoms with Gasteiger partial charge in [0.2, 0.25) is 27.7 Å². The van der Waals surface area contributed by atoms with E-state index in [9.17, 15) is 13.2 Å². The first-order chi connectivity index (χ1) is 15.6. The van der Waals surface area contributed by atoms with Crippen molar-refractivity contribution in [2.75, 3.05) is 34.9 Å². The van der Waals surface area contributed by atoms with Crippen molar-refractivity contribution in [2.45, 2.75) is 11.4 Å². The average Bonchev–Trinajstić information content (AvgIpc) is 3.27. The molecule has 33 heavy (non-hydrogen) atoms. The maximum atomic E-state index is 12.7. The van der Waals surface area contributed by atoms with Crippen molar-refractivity contribution in [1.29, 1.82) is 0 Å². The second kappa shape index (κ2) is 10.2. The number of ether oxygens (including phenoxy) is 2. The Labute approximate surface area is 196 Å². The highest BCUT2D eigenvalue weighted by molar-refractivity contribution is 7.89. The molecule has 0 bridgehead atoms. The van der Waals surface area contributed by atoms with Crippen LogP contribution in [0.5, 0.6) is 11.5 Å². The van der Waals surface area contributed by atoms with Gasteiger partial charge in [0, 0.05) is 24.7 Å². The summed E-state index contributed by atoms with van der Waals surface area (Å²) in [4.78, 5) is 13.9. The van der Waals surface area contributed by atoms with Gasteiger partial charge in [0.25, 0.3) is 0 Å². The van der Waals surface area contributed by atoms with Gasteiger partial charge in [0.1, 0.15) is 0 Å². The van der Waals surface area contributed by atoms with Crippen molar-refractivity contribution in [3.05, 3.63) is 53.4 Å². The standard InChI is InChI=1S/C21H23ClN4O6S/c1-25(20(27)13-26(2)33(28,29)16-8-6-15(22)7-9-16)12-19-23-24-21(32-19)14-5-10-17(30-3)18(11-14)31-4/h5-11H,12-13H2,1-4H3. The van der Waals surface area contributed by atoms with Gasteiger partial charge in [0.15, 0.2) is 11.5 Å². The first kappa shape index (κ1) is 24.5. The maximum Gasteiger partial charge on any atom is 0.247 e. The normalized spacial score (nSPS) is 11.5. The van der Waals surface area contributed by atoms with Crippen LogP contribution in [-0.4, -0.2) is 68.6 Å². The quantitative estimate of drug-likeness (QED) is 0.446. The van der Waals surface area contributed by atoms with Crippen molar-refractivity contribution in [3.63, 3.8) is 0 Å². The molecule has 1 aromatic heterocycles. The summed E-state index contributed by atoms with van der Waals surface area (Å²) in [7, 11) is 2.06. The van der Waals surface area contributed by atoms with Crippen LogP contribution in [-0.2, 0) is 21.4 Å². The third-order valence-corrected chi connectivity index (χ3v) is 6.84. The summed E-state index contributed by atoms with van der Waals surface area (Å²) in [6.07, 6.45) is 0. The third kappa shape index (κ3) is 5.62. The lowest BCUT2D eigenvalue weighted by Crippen LogP contribution is -2.39. The number of hydrogen-bond donors (Lipinski definition) is 0. The molecular formula is C21H23ClN4O6S. The van der Waals surface area contributed by atoms with Crippen LogP contribution in [0.25, 0.3) is 11.5 Å². The Bertz CT molecular complexity index is 1230. The van der Waals surface area contributed by atoms with Gasteiger partial charge in [-0.25, -0.2) is 8.42 Å². The largest absolute Gasteiger partial charge is 0.493 e. The molecule has 3 rings (SSSR count). The highest BCUT2D eigenvalue weighted by Gasteiger charge is 2.25. The highest BCUT2D eigenvalue weighted by atomic mass is 35.5. The minimum atomic E-state index is -3.85. The molecule has 0 N–H and O–H groups in total. The third-order valence-electron chi connectivity index (χ3n) is 4.78. The zero-order chi connectivity index (χ0) is 24.2. The predicted octanol–water partition coefficient (Wildman–Crippen LogP) is 2.69. The monoisotopic (exact) mass is 494 g/mol. The summed E-state index contributed by atoms with van der Waals surface area (Å²) >= 11 is 5.81. The van der Waals surface area contributed by atoms with Crippen LogP contribution < -0.4 is 9.47 Å². The number of aromatic nitrogens is 2. The summed E-state index contributed by atoms with van der Waals surface area (Å²) in [5, 5.41) is 8.39. The van der Waals surface area contributed by atoms with E-state index in [1.54, 1.807) is 18.2 Å². The summed E-state index contributed by atoms with van der Waals surface area (Å²) in [6, 6.07) is 10.9. The number of carbonyl (C=O) groups is 1. The zero-order valence-electron chi connectivity index (χ0n) is 18.5. The van der Waals surface area contributed by atoms with Gasteiger partial charge >= 0.3 is 0 Å². The SMILES string of the molecule is COc1ccc(-c2nnc(CN(C)C(=O)CN(C)S(=O)(=O)c3ccc(Cl)cc3)o2)cc1OC. The summed E-state index contributed by atoms with van der Waals surface area (Å²) in [5.74, 6) is 1.06. The molecule has 12 heteroatoms. The Kier molecular flexibility index (Phi) is 7.57. The molecule has 0 aliphatic heterocycles. The van der Waals surface area contributed by atoms with Crippen LogP contribution in [0, 0.1) is 0 Å². The van der Waals surface area contributed by atoms with E-state index in [-0.39, 0.29) is 29.8 Å². The first-order valence-corrected chi connectivity index (χ1v) is 11.5. The van der Waals surface area contributed by atoms with Gasteiger partial charge in [-0.15, -0.1) is 10.2 Å². The Balaban J connectivity index is 1.66. The summed E-state index contributed by atoms with van der Waals surface area (Å²) < 4.78 is 42.5. The van der Waals surface area contributed by atoms with Crippen LogP contribution in [0.2, 0.25) is 5.02 Å². The minimum absolute atomic E-state index is 0.00789. The summed E-state index contributed by atoms with van der Waals surface area (Å²) in [5.41, 5.74) is 0.620. The summed E-state index contributed by atoms with van der Waals surface area (Å²) in [6.45, 7) is -0.355. The molecule has 0 saturated carbocycles. The molecule has 1 amide bonds. The Hall–Kier alpha value is -3.15. The van der Waals surface area contributed by atoms with Gasteiger partial charge < -0.3 is 18.8 Å². The number of rotatable bonds is 9. The Morgan fingerprint density at radius 3 is 2.33 bits per heavy atom. The second-order valence-corrected chi connectivity index (χ2v) is 9.52. The van der Waals surface area contributed by atoms with Crippen molar-refractivity contribution in [3.8, 4) is 23.0 Å². The lowest BCUT2D eigenvalue weighted by Gasteiger charge is -2.20. The molecule has 0 aliphatic carbocycles. The molecule has 0 spiro atoms. The van der Waals surface area contributed by atoms with Gasteiger partial charge in [-0.3, -0.25) is 4.79 Å². The second-order valence-electron chi connectivity index (χ2n) is 7.04. The van der Waals surface area contributed by atoms with Gasteiger partial charge in [-0.1, -0.05) is 11.6 Å². The highest BCUT2D eigenvalue weighted by Crippen LogP contribution is 2.31. The number of sulfonamides is 1. The Morgan fingerprint density at radius 2 is 1.70 bits per heavy atom. The van der Waals surface area contributed by atoms with E-state index in [4.69, 9.17) is 25.5 Å². The van der Waals surface area contributed by atoms with E-state index in [1.165, 1.54) is 57.5 Å². The zero-order valence-corrected chi connectivity index (χ0v) is 20.1. The van der Waals surface area contributed by atoms with Crippen molar-refractivity contribution in [2.24, 2.45) is 0 Å². The van der Waals surface area contributed by atoms with E-state index < -0.39 is 15.9 Å². The van der Waals surface area contributed by atoms with Crippen LogP contribution in [0.15, 0.2) is 51.8 Å². The number of likely N-dealkylation sites (N-methyl/N-ethyl adjacent to an activating group) is 2. The van der Waals surface area contributed by atoms with Crippen LogP contribution in [0.4, 0.5) is 0 Å². The molecule has 3 aromatic rings. The van der Waals surface area contributed by atoms with Gasteiger partial charge in [-0.2, -0.15) is 4.31 Å². The topological polar surface area (TPSA) is 115 Å². The number of methoxy groups -OCH3 is 2. The molecule has 0 aliphatic rings. The van der Waals surface area contributed by atoms with E-state index in [0.717, 1.165) is 4.31 Å². The number of hydrogen-bond acceptors (Lipinski definition) is 8. The number of halogens is 1. The van der Waals surface area contributed by atoms with E-state index in [1.807, 2.05) is 0 Å². The molecule has 0 atom stereocenters. The van der Waals surface area contributed by atoms with E-state index >= 15 is 0 Å². The smallest absolute Gasteiger partial charge is 0.247 e. The van der Waals surface area contributed by atoms with Crippen molar-refractivity contribution in [1.82, 2.24) is 19.4 Å².